The van der Waals surface area contributed by atoms with Gasteiger partial charge in [-0.3, -0.25) is 14.3 Å². The summed E-state index contributed by atoms with van der Waals surface area (Å²) in [6.45, 7) is 7.42. The molecule has 1 amide bonds. The van der Waals surface area contributed by atoms with Crippen LogP contribution >= 0.6 is 0 Å². The second-order valence-corrected chi connectivity index (χ2v) is 10.6. The van der Waals surface area contributed by atoms with Gasteiger partial charge in [-0.05, 0) is 50.5 Å². The van der Waals surface area contributed by atoms with Crippen LogP contribution < -0.4 is 16.3 Å². The number of hydrogen-bond donors (Lipinski definition) is 2. The molecule has 2 fully saturated rings. The number of hydrogen-bond acceptors (Lipinski definition) is 7. The van der Waals surface area contributed by atoms with Crippen molar-refractivity contribution in [3.8, 4) is 5.69 Å². The molecule has 1 aromatic carbocycles. The Kier molecular flexibility index (Phi) is 8.43. The third kappa shape index (κ3) is 6.32. The molecule has 196 valence electrons. The summed E-state index contributed by atoms with van der Waals surface area (Å²) in [4.78, 5) is 35.8. The first-order chi connectivity index (χ1) is 17.3. The van der Waals surface area contributed by atoms with Gasteiger partial charge in [-0.1, -0.05) is 31.4 Å². The molecule has 1 saturated heterocycles. The topological polar surface area (TPSA) is 108 Å². The number of aliphatic hydroxyl groups is 1. The van der Waals surface area contributed by atoms with Crippen LogP contribution in [0.5, 0.6) is 0 Å². The summed E-state index contributed by atoms with van der Waals surface area (Å²) < 4.78 is 1.55. The van der Waals surface area contributed by atoms with Crippen molar-refractivity contribution in [2.75, 3.05) is 44.2 Å². The predicted octanol–water partition coefficient (Wildman–Crippen LogP) is 1.75. The number of benzene rings is 1. The second kappa shape index (κ2) is 11.5. The van der Waals surface area contributed by atoms with Gasteiger partial charge in [0.05, 0.1) is 17.8 Å². The SMILES string of the molecule is CC(C)(N)C(=O)N1CCN(c2ccn(-c3ccc(CN(CCO)C4CCCCC4)cc3)c(=O)n2)CC1. The number of anilines is 1. The standard InChI is InChI=1S/C27H40N6O3/c1-27(2,28)25(35)31-16-14-30(15-17-31)24-12-13-33(26(36)29-24)23-10-8-21(9-11-23)20-32(18-19-34)22-6-4-3-5-7-22/h8-13,22,34H,3-7,14-20,28H2,1-2H3. The fourth-order valence-electron chi connectivity index (χ4n) is 5.27. The average molecular weight is 497 g/mol. The van der Waals surface area contributed by atoms with Gasteiger partial charge in [0.1, 0.15) is 5.82 Å². The van der Waals surface area contributed by atoms with Gasteiger partial charge in [-0.2, -0.15) is 4.98 Å². The summed E-state index contributed by atoms with van der Waals surface area (Å²) in [5, 5.41) is 9.54. The number of carbonyl (C=O) groups excluding carboxylic acids is 1. The number of amides is 1. The van der Waals surface area contributed by atoms with Crippen molar-refractivity contribution >= 4 is 11.7 Å². The van der Waals surface area contributed by atoms with Crippen LogP contribution in [0.2, 0.25) is 0 Å². The molecule has 2 heterocycles. The van der Waals surface area contributed by atoms with E-state index in [0.717, 1.165) is 12.2 Å². The second-order valence-electron chi connectivity index (χ2n) is 10.6. The van der Waals surface area contributed by atoms with Crippen LogP contribution in [0.4, 0.5) is 5.82 Å². The Morgan fingerprint density at radius 3 is 2.33 bits per heavy atom. The minimum atomic E-state index is -0.885. The molecule has 0 unspecified atom stereocenters. The van der Waals surface area contributed by atoms with E-state index in [-0.39, 0.29) is 18.2 Å². The molecule has 2 aromatic rings. The highest BCUT2D eigenvalue weighted by atomic mass is 16.3. The summed E-state index contributed by atoms with van der Waals surface area (Å²) in [6.07, 6.45) is 7.99. The van der Waals surface area contributed by atoms with Crippen LogP contribution in [-0.4, -0.2) is 81.3 Å². The summed E-state index contributed by atoms with van der Waals surface area (Å²) in [5.74, 6) is 0.561. The molecule has 4 rings (SSSR count). The average Bonchev–Trinajstić information content (AvgIpc) is 2.88. The van der Waals surface area contributed by atoms with Crippen LogP contribution in [0.25, 0.3) is 5.69 Å². The van der Waals surface area contributed by atoms with Crippen molar-refractivity contribution in [2.45, 2.75) is 64.1 Å². The Hall–Kier alpha value is -2.75. The Balaban J connectivity index is 1.39. The van der Waals surface area contributed by atoms with Crippen molar-refractivity contribution in [1.82, 2.24) is 19.4 Å². The molecule has 1 aromatic heterocycles. The lowest BCUT2D eigenvalue weighted by Gasteiger charge is -2.37. The molecule has 36 heavy (non-hydrogen) atoms. The van der Waals surface area contributed by atoms with Gasteiger partial charge in [-0.25, -0.2) is 4.79 Å². The first-order valence-corrected chi connectivity index (χ1v) is 13.1. The molecule has 9 heteroatoms. The quantitative estimate of drug-likeness (QED) is 0.573. The largest absolute Gasteiger partial charge is 0.395 e. The Morgan fingerprint density at radius 2 is 1.75 bits per heavy atom. The van der Waals surface area contributed by atoms with Crippen LogP contribution in [0.15, 0.2) is 41.3 Å². The van der Waals surface area contributed by atoms with E-state index in [9.17, 15) is 14.7 Å². The number of carbonyl (C=O) groups is 1. The van der Waals surface area contributed by atoms with E-state index in [1.807, 2.05) is 23.1 Å². The van der Waals surface area contributed by atoms with Crippen LogP contribution in [0.1, 0.15) is 51.5 Å². The summed E-state index contributed by atoms with van der Waals surface area (Å²) >= 11 is 0. The highest BCUT2D eigenvalue weighted by Crippen LogP contribution is 2.24. The molecule has 0 spiro atoms. The number of piperazine rings is 1. The van der Waals surface area contributed by atoms with Crippen molar-refractivity contribution in [3.05, 3.63) is 52.6 Å². The molecular formula is C27H40N6O3. The molecule has 1 saturated carbocycles. The fraction of sp³-hybridized carbons (Fsp3) is 0.593. The van der Waals surface area contributed by atoms with Crippen LogP contribution in [0.3, 0.4) is 0 Å². The fourth-order valence-corrected chi connectivity index (χ4v) is 5.27. The first-order valence-electron chi connectivity index (χ1n) is 13.1. The van der Waals surface area contributed by atoms with Gasteiger partial charge in [-0.15, -0.1) is 0 Å². The van der Waals surface area contributed by atoms with Gasteiger partial charge in [0.25, 0.3) is 0 Å². The summed E-state index contributed by atoms with van der Waals surface area (Å²) in [6, 6.07) is 10.4. The van der Waals surface area contributed by atoms with E-state index in [0.29, 0.717) is 44.6 Å². The maximum Gasteiger partial charge on any atom is 0.354 e. The third-order valence-corrected chi connectivity index (χ3v) is 7.31. The van der Waals surface area contributed by atoms with E-state index < -0.39 is 5.54 Å². The summed E-state index contributed by atoms with van der Waals surface area (Å²) in [5.41, 5.74) is 6.68. The number of aliphatic hydroxyl groups excluding tert-OH is 1. The first kappa shape index (κ1) is 26.3. The summed E-state index contributed by atoms with van der Waals surface area (Å²) in [7, 11) is 0. The lowest BCUT2D eigenvalue weighted by atomic mass is 9.94. The molecule has 1 aliphatic heterocycles. The van der Waals surface area contributed by atoms with Crippen molar-refractivity contribution in [3.63, 3.8) is 0 Å². The van der Waals surface area contributed by atoms with Gasteiger partial charge >= 0.3 is 5.69 Å². The Labute approximate surface area is 213 Å². The van der Waals surface area contributed by atoms with Crippen molar-refractivity contribution < 1.29 is 9.90 Å². The maximum absolute atomic E-state index is 12.8. The zero-order valence-corrected chi connectivity index (χ0v) is 21.6. The predicted molar refractivity (Wildman–Crippen MR) is 141 cm³/mol. The minimum Gasteiger partial charge on any atom is -0.395 e. The highest BCUT2D eigenvalue weighted by molar-refractivity contribution is 5.85. The van der Waals surface area contributed by atoms with E-state index in [1.165, 1.54) is 37.7 Å². The smallest absolute Gasteiger partial charge is 0.354 e. The molecular weight excluding hydrogens is 456 g/mol. The van der Waals surface area contributed by atoms with Gasteiger partial charge in [0, 0.05) is 51.5 Å². The van der Waals surface area contributed by atoms with E-state index >= 15 is 0 Å². The Bertz CT molecular complexity index is 1060. The Morgan fingerprint density at radius 1 is 1.08 bits per heavy atom. The molecule has 3 N–H and O–H groups in total. The van der Waals surface area contributed by atoms with Gasteiger partial charge < -0.3 is 20.6 Å². The number of aromatic nitrogens is 2. The highest BCUT2D eigenvalue weighted by Gasteiger charge is 2.30. The lowest BCUT2D eigenvalue weighted by molar-refractivity contribution is -0.136. The van der Waals surface area contributed by atoms with Crippen LogP contribution in [0, 0.1) is 0 Å². The molecule has 2 aliphatic rings. The minimum absolute atomic E-state index is 0.0628. The molecule has 0 radical (unpaired) electrons. The van der Waals surface area contributed by atoms with E-state index in [2.05, 4.69) is 22.0 Å². The number of nitrogens with two attached hydrogens (primary N) is 1. The zero-order valence-electron chi connectivity index (χ0n) is 21.6. The van der Waals surface area contributed by atoms with E-state index in [4.69, 9.17) is 5.73 Å². The molecule has 0 bridgehead atoms. The number of rotatable bonds is 8. The zero-order chi connectivity index (χ0) is 25.7. The van der Waals surface area contributed by atoms with Gasteiger partial charge in [0.2, 0.25) is 5.91 Å². The van der Waals surface area contributed by atoms with Crippen molar-refractivity contribution in [1.29, 1.82) is 0 Å². The van der Waals surface area contributed by atoms with Crippen molar-refractivity contribution in [2.24, 2.45) is 5.73 Å². The van der Waals surface area contributed by atoms with E-state index in [1.54, 1.807) is 29.5 Å². The molecule has 1 aliphatic carbocycles. The maximum atomic E-state index is 12.8. The third-order valence-electron chi connectivity index (χ3n) is 7.31. The molecule has 0 atom stereocenters. The monoisotopic (exact) mass is 496 g/mol. The lowest BCUT2D eigenvalue weighted by Crippen LogP contribution is -2.57. The number of nitrogens with zero attached hydrogens (tertiary/aromatic N) is 5. The normalized spacial score (nSPS) is 17.6. The van der Waals surface area contributed by atoms with Gasteiger partial charge in [0.15, 0.2) is 0 Å². The van der Waals surface area contributed by atoms with Crippen LogP contribution in [-0.2, 0) is 11.3 Å². The molecule has 9 nitrogen and oxygen atoms in total.